The maximum atomic E-state index is 12.8. The molecule has 1 atom stereocenters. The summed E-state index contributed by atoms with van der Waals surface area (Å²) in [5.74, 6) is -0.174. The molecule has 1 N–H and O–H groups in total. The van der Waals surface area contributed by atoms with Gasteiger partial charge >= 0.3 is 0 Å². The minimum Gasteiger partial charge on any atom is -0.377 e. The molecule has 1 aromatic rings. The fourth-order valence-corrected chi connectivity index (χ4v) is 2.43. The first-order valence-electron chi connectivity index (χ1n) is 6.66. The molecular weight excluding hydrogens is 229 g/mol. The molecule has 0 bridgehead atoms. The Morgan fingerprint density at radius 2 is 2.00 bits per heavy atom. The van der Waals surface area contributed by atoms with Crippen molar-refractivity contribution in [2.24, 2.45) is 0 Å². The third kappa shape index (κ3) is 3.30. The Morgan fingerprint density at radius 1 is 1.33 bits per heavy atom. The molecule has 0 radical (unpaired) electrons. The maximum Gasteiger partial charge on any atom is 0.123 e. The highest BCUT2D eigenvalue weighted by Gasteiger charge is 2.36. The molecule has 2 nitrogen and oxygen atoms in total. The van der Waals surface area contributed by atoms with Crippen LogP contribution in [0.2, 0.25) is 0 Å². The number of nitrogens with one attached hydrogen (secondary N) is 1. The molecule has 2 rings (SSSR count). The van der Waals surface area contributed by atoms with Gasteiger partial charge in [-0.25, -0.2) is 4.39 Å². The standard InChI is InChI=1S/C15H22FNO/c1-12(10-13-4-6-14(16)7-5-13)17-11-15(18-2)8-3-9-15/h4-7,12,17H,3,8-11H2,1-2H3. The second-order valence-electron chi connectivity index (χ2n) is 5.35. The highest BCUT2D eigenvalue weighted by molar-refractivity contribution is 5.17. The maximum absolute atomic E-state index is 12.8. The lowest BCUT2D eigenvalue weighted by Gasteiger charge is -2.41. The largest absolute Gasteiger partial charge is 0.377 e. The molecular formula is C15H22FNO. The number of hydrogen-bond acceptors (Lipinski definition) is 2. The van der Waals surface area contributed by atoms with Crippen LogP contribution >= 0.6 is 0 Å². The van der Waals surface area contributed by atoms with Crippen LogP contribution in [0.1, 0.15) is 31.7 Å². The van der Waals surface area contributed by atoms with Crippen molar-refractivity contribution in [3.8, 4) is 0 Å². The van der Waals surface area contributed by atoms with Crippen LogP contribution in [-0.4, -0.2) is 25.3 Å². The molecule has 1 aromatic carbocycles. The van der Waals surface area contributed by atoms with Crippen LogP contribution in [0.5, 0.6) is 0 Å². The lowest BCUT2D eigenvalue weighted by molar-refractivity contribution is -0.0705. The monoisotopic (exact) mass is 251 g/mol. The lowest BCUT2D eigenvalue weighted by atomic mass is 9.80. The van der Waals surface area contributed by atoms with E-state index in [4.69, 9.17) is 4.74 Å². The number of hydrogen-bond donors (Lipinski definition) is 1. The van der Waals surface area contributed by atoms with Gasteiger partial charge in [-0.1, -0.05) is 12.1 Å². The van der Waals surface area contributed by atoms with Crippen molar-refractivity contribution in [1.82, 2.24) is 5.32 Å². The summed E-state index contributed by atoms with van der Waals surface area (Å²) in [5, 5.41) is 3.52. The lowest BCUT2D eigenvalue weighted by Crippen LogP contribution is -2.50. The zero-order valence-corrected chi connectivity index (χ0v) is 11.2. The molecule has 0 heterocycles. The van der Waals surface area contributed by atoms with Crippen molar-refractivity contribution >= 4 is 0 Å². The summed E-state index contributed by atoms with van der Waals surface area (Å²) in [6, 6.07) is 7.12. The molecule has 1 saturated carbocycles. The smallest absolute Gasteiger partial charge is 0.123 e. The number of halogens is 1. The number of ether oxygens (including phenoxy) is 1. The predicted molar refractivity (Wildman–Crippen MR) is 71.2 cm³/mol. The van der Waals surface area contributed by atoms with Gasteiger partial charge in [0.15, 0.2) is 0 Å². The first-order valence-corrected chi connectivity index (χ1v) is 6.66. The molecule has 0 saturated heterocycles. The summed E-state index contributed by atoms with van der Waals surface area (Å²) in [5.41, 5.74) is 1.23. The molecule has 0 amide bonds. The minimum absolute atomic E-state index is 0.0665. The Hall–Kier alpha value is -0.930. The Morgan fingerprint density at radius 3 is 2.50 bits per heavy atom. The van der Waals surface area contributed by atoms with Crippen LogP contribution in [-0.2, 0) is 11.2 Å². The average molecular weight is 251 g/mol. The van der Waals surface area contributed by atoms with E-state index in [1.807, 2.05) is 12.1 Å². The summed E-state index contributed by atoms with van der Waals surface area (Å²) in [6.07, 6.45) is 4.49. The van der Waals surface area contributed by atoms with Crippen LogP contribution in [0.3, 0.4) is 0 Å². The molecule has 18 heavy (non-hydrogen) atoms. The molecule has 0 aromatic heterocycles. The van der Waals surface area contributed by atoms with Crippen LogP contribution in [0, 0.1) is 5.82 Å². The number of benzene rings is 1. The van der Waals surface area contributed by atoms with Gasteiger partial charge in [-0.05, 0) is 50.3 Å². The predicted octanol–water partition coefficient (Wildman–Crippen LogP) is 2.92. The van der Waals surface area contributed by atoms with Gasteiger partial charge in [-0.2, -0.15) is 0 Å². The summed E-state index contributed by atoms with van der Waals surface area (Å²) >= 11 is 0. The first kappa shape index (κ1) is 13.5. The Balaban J connectivity index is 1.78. The van der Waals surface area contributed by atoms with E-state index in [1.165, 1.54) is 18.6 Å². The van der Waals surface area contributed by atoms with Gasteiger partial charge in [0.05, 0.1) is 5.60 Å². The van der Waals surface area contributed by atoms with Crippen molar-refractivity contribution < 1.29 is 9.13 Å². The van der Waals surface area contributed by atoms with E-state index in [2.05, 4.69) is 12.2 Å². The summed E-state index contributed by atoms with van der Waals surface area (Å²) in [4.78, 5) is 0. The fourth-order valence-electron chi connectivity index (χ4n) is 2.43. The number of methoxy groups -OCH3 is 1. The Labute approximate surface area is 109 Å². The highest BCUT2D eigenvalue weighted by Crippen LogP contribution is 2.34. The second kappa shape index (κ2) is 5.81. The Kier molecular flexibility index (Phi) is 4.36. The van der Waals surface area contributed by atoms with E-state index in [0.29, 0.717) is 6.04 Å². The second-order valence-corrected chi connectivity index (χ2v) is 5.35. The normalized spacial score (nSPS) is 19.3. The molecule has 0 spiro atoms. The van der Waals surface area contributed by atoms with E-state index < -0.39 is 0 Å². The zero-order chi connectivity index (χ0) is 13.0. The van der Waals surface area contributed by atoms with Gasteiger partial charge in [0.2, 0.25) is 0 Å². The molecule has 1 fully saturated rings. The van der Waals surface area contributed by atoms with Crippen LogP contribution in [0.15, 0.2) is 24.3 Å². The minimum atomic E-state index is -0.174. The van der Waals surface area contributed by atoms with E-state index in [-0.39, 0.29) is 11.4 Å². The highest BCUT2D eigenvalue weighted by atomic mass is 19.1. The summed E-state index contributed by atoms with van der Waals surface area (Å²) < 4.78 is 18.4. The molecule has 0 aliphatic heterocycles. The van der Waals surface area contributed by atoms with Gasteiger partial charge in [0, 0.05) is 19.7 Å². The van der Waals surface area contributed by atoms with Crippen molar-refractivity contribution in [3.63, 3.8) is 0 Å². The quantitative estimate of drug-likeness (QED) is 0.839. The van der Waals surface area contributed by atoms with E-state index in [1.54, 1.807) is 7.11 Å². The van der Waals surface area contributed by atoms with Gasteiger partial charge in [0.25, 0.3) is 0 Å². The van der Waals surface area contributed by atoms with Crippen LogP contribution in [0.25, 0.3) is 0 Å². The summed E-state index contributed by atoms with van der Waals surface area (Å²) in [7, 11) is 1.80. The first-order chi connectivity index (χ1) is 8.63. The average Bonchev–Trinajstić information content (AvgIpc) is 2.31. The van der Waals surface area contributed by atoms with E-state index >= 15 is 0 Å². The van der Waals surface area contributed by atoms with E-state index in [0.717, 1.165) is 31.4 Å². The third-order valence-corrected chi connectivity index (χ3v) is 3.93. The Bertz CT molecular complexity index is 367. The van der Waals surface area contributed by atoms with Crippen molar-refractivity contribution in [2.45, 2.75) is 44.2 Å². The van der Waals surface area contributed by atoms with E-state index in [9.17, 15) is 4.39 Å². The molecule has 3 heteroatoms. The topological polar surface area (TPSA) is 21.3 Å². The number of rotatable bonds is 6. The zero-order valence-electron chi connectivity index (χ0n) is 11.2. The van der Waals surface area contributed by atoms with Gasteiger partial charge in [0.1, 0.15) is 5.82 Å². The molecule has 1 unspecified atom stereocenters. The van der Waals surface area contributed by atoms with Crippen LogP contribution < -0.4 is 5.32 Å². The fraction of sp³-hybridized carbons (Fsp3) is 0.600. The van der Waals surface area contributed by atoms with Crippen LogP contribution in [0.4, 0.5) is 4.39 Å². The van der Waals surface area contributed by atoms with Gasteiger partial charge in [-0.15, -0.1) is 0 Å². The third-order valence-electron chi connectivity index (χ3n) is 3.93. The summed E-state index contributed by atoms with van der Waals surface area (Å²) in [6.45, 7) is 3.07. The SMILES string of the molecule is COC1(CNC(C)Cc2ccc(F)cc2)CCC1. The van der Waals surface area contributed by atoms with Crippen molar-refractivity contribution in [2.75, 3.05) is 13.7 Å². The molecule has 1 aliphatic rings. The van der Waals surface area contributed by atoms with Gasteiger partial charge in [-0.3, -0.25) is 0 Å². The molecule has 100 valence electrons. The molecule has 1 aliphatic carbocycles. The van der Waals surface area contributed by atoms with Crippen molar-refractivity contribution in [1.29, 1.82) is 0 Å². The van der Waals surface area contributed by atoms with Crippen molar-refractivity contribution in [3.05, 3.63) is 35.6 Å². The van der Waals surface area contributed by atoms with Gasteiger partial charge < -0.3 is 10.1 Å².